The van der Waals surface area contributed by atoms with E-state index < -0.39 is 0 Å². The lowest BCUT2D eigenvalue weighted by atomic mass is 9.86. The van der Waals surface area contributed by atoms with Gasteiger partial charge >= 0.3 is 0 Å². The van der Waals surface area contributed by atoms with Crippen LogP contribution in [0.15, 0.2) is 30.3 Å². The van der Waals surface area contributed by atoms with Gasteiger partial charge in [-0.15, -0.1) is 0 Å². The molecule has 1 nitrogen and oxygen atoms in total. The summed E-state index contributed by atoms with van der Waals surface area (Å²) in [6, 6.07) is 10.2. The van der Waals surface area contributed by atoms with Crippen LogP contribution in [0.1, 0.15) is 26.3 Å². The van der Waals surface area contributed by atoms with E-state index in [0.717, 1.165) is 10.9 Å². The van der Waals surface area contributed by atoms with Gasteiger partial charge in [-0.1, -0.05) is 38.4 Å². The summed E-state index contributed by atoms with van der Waals surface area (Å²) in [5.74, 6) is 0. The van der Waals surface area contributed by atoms with E-state index in [9.17, 15) is 0 Å². The van der Waals surface area contributed by atoms with Gasteiger partial charge in [-0.05, 0) is 35.2 Å². The van der Waals surface area contributed by atoms with Gasteiger partial charge in [0.15, 0.2) is 0 Å². The first kappa shape index (κ1) is 10.4. The largest absolute Gasteiger partial charge is 0.236 e. The molecule has 0 saturated heterocycles. The molecule has 2 aromatic rings. The molecule has 0 N–H and O–H groups in total. The molecule has 0 saturated carbocycles. The van der Waals surface area contributed by atoms with E-state index in [2.05, 4.69) is 37.9 Å². The monoisotopic (exact) mass is 219 g/mol. The summed E-state index contributed by atoms with van der Waals surface area (Å²) >= 11 is 5.84. The van der Waals surface area contributed by atoms with Crippen LogP contribution in [0.5, 0.6) is 0 Å². The zero-order chi connectivity index (χ0) is 11.1. The fourth-order valence-corrected chi connectivity index (χ4v) is 1.72. The molecule has 0 fully saturated rings. The molecular weight excluding hydrogens is 206 g/mol. The molecule has 2 rings (SSSR count). The second-order valence-corrected chi connectivity index (χ2v) is 5.18. The second-order valence-electron chi connectivity index (χ2n) is 4.79. The summed E-state index contributed by atoms with van der Waals surface area (Å²) in [6.07, 6.45) is 0. The Hall–Kier alpha value is -1.08. The molecular formula is C13H14ClN. The molecule has 0 unspecified atom stereocenters. The van der Waals surface area contributed by atoms with Crippen LogP contribution in [0.2, 0.25) is 5.15 Å². The summed E-state index contributed by atoms with van der Waals surface area (Å²) in [4.78, 5) is 4.26. The summed E-state index contributed by atoms with van der Waals surface area (Å²) in [6.45, 7) is 6.62. The smallest absolute Gasteiger partial charge is 0.129 e. The Balaban J connectivity index is 2.62. The van der Waals surface area contributed by atoms with Crippen molar-refractivity contribution in [3.8, 4) is 0 Å². The van der Waals surface area contributed by atoms with Gasteiger partial charge in [-0.2, -0.15) is 0 Å². The van der Waals surface area contributed by atoms with E-state index in [-0.39, 0.29) is 5.41 Å². The molecule has 0 amide bonds. The second kappa shape index (κ2) is 3.49. The number of pyridine rings is 1. The normalized spacial score (nSPS) is 12.0. The highest BCUT2D eigenvalue weighted by Crippen LogP contribution is 2.25. The van der Waals surface area contributed by atoms with Gasteiger partial charge in [0.2, 0.25) is 0 Å². The predicted octanol–water partition coefficient (Wildman–Crippen LogP) is 4.19. The lowest BCUT2D eigenvalue weighted by Crippen LogP contribution is -2.10. The number of benzene rings is 1. The third-order valence-electron chi connectivity index (χ3n) is 2.52. The maximum absolute atomic E-state index is 5.84. The molecule has 15 heavy (non-hydrogen) atoms. The maximum Gasteiger partial charge on any atom is 0.129 e. The molecule has 1 aromatic carbocycles. The minimum atomic E-state index is 0.174. The fraction of sp³-hybridized carbons (Fsp3) is 0.308. The van der Waals surface area contributed by atoms with Gasteiger partial charge in [0, 0.05) is 5.39 Å². The third-order valence-corrected chi connectivity index (χ3v) is 2.73. The lowest BCUT2D eigenvalue weighted by Gasteiger charge is -2.19. The van der Waals surface area contributed by atoms with Crippen LogP contribution in [0.25, 0.3) is 10.9 Å². The van der Waals surface area contributed by atoms with Crippen LogP contribution in [-0.4, -0.2) is 4.98 Å². The summed E-state index contributed by atoms with van der Waals surface area (Å²) in [5, 5.41) is 1.69. The van der Waals surface area contributed by atoms with E-state index >= 15 is 0 Å². The van der Waals surface area contributed by atoms with Crippen molar-refractivity contribution in [2.75, 3.05) is 0 Å². The Bertz CT molecular complexity index is 497. The molecule has 0 spiro atoms. The molecule has 0 aliphatic heterocycles. The van der Waals surface area contributed by atoms with E-state index in [1.54, 1.807) is 0 Å². The van der Waals surface area contributed by atoms with Gasteiger partial charge in [-0.3, -0.25) is 0 Å². The zero-order valence-corrected chi connectivity index (χ0v) is 9.97. The lowest BCUT2D eigenvalue weighted by molar-refractivity contribution is 0.591. The molecule has 1 heterocycles. The quantitative estimate of drug-likeness (QED) is 0.606. The Morgan fingerprint density at radius 1 is 1.07 bits per heavy atom. The van der Waals surface area contributed by atoms with Crippen LogP contribution in [0.3, 0.4) is 0 Å². The number of aromatic nitrogens is 1. The molecule has 0 aliphatic rings. The Labute approximate surface area is 95.1 Å². The Kier molecular flexibility index (Phi) is 2.43. The van der Waals surface area contributed by atoms with Crippen LogP contribution in [0, 0.1) is 0 Å². The van der Waals surface area contributed by atoms with Crippen molar-refractivity contribution < 1.29 is 0 Å². The molecule has 78 valence electrons. The maximum atomic E-state index is 5.84. The third kappa shape index (κ3) is 2.13. The zero-order valence-electron chi connectivity index (χ0n) is 9.21. The van der Waals surface area contributed by atoms with Crippen molar-refractivity contribution in [3.05, 3.63) is 41.0 Å². The summed E-state index contributed by atoms with van der Waals surface area (Å²) in [5.41, 5.74) is 2.45. The van der Waals surface area contributed by atoms with Crippen molar-refractivity contribution >= 4 is 22.5 Å². The highest BCUT2D eigenvalue weighted by molar-refractivity contribution is 6.29. The SMILES string of the molecule is CC(C)(C)c1ccc2nc(Cl)ccc2c1. The number of rotatable bonds is 0. The minimum Gasteiger partial charge on any atom is -0.236 e. The Morgan fingerprint density at radius 3 is 2.47 bits per heavy atom. The molecule has 0 bridgehead atoms. The summed E-state index contributed by atoms with van der Waals surface area (Å²) in [7, 11) is 0. The van der Waals surface area contributed by atoms with E-state index in [4.69, 9.17) is 11.6 Å². The van der Waals surface area contributed by atoms with Gasteiger partial charge in [0.05, 0.1) is 5.52 Å². The van der Waals surface area contributed by atoms with Gasteiger partial charge in [0.25, 0.3) is 0 Å². The van der Waals surface area contributed by atoms with E-state index in [1.807, 2.05) is 18.2 Å². The van der Waals surface area contributed by atoms with Crippen LogP contribution >= 0.6 is 11.6 Å². The predicted molar refractivity (Wildman–Crippen MR) is 65.5 cm³/mol. The highest BCUT2D eigenvalue weighted by Gasteiger charge is 2.13. The van der Waals surface area contributed by atoms with Crippen molar-refractivity contribution in [3.63, 3.8) is 0 Å². The highest BCUT2D eigenvalue weighted by atomic mass is 35.5. The van der Waals surface area contributed by atoms with E-state index in [0.29, 0.717) is 5.15 Å². The minimum absolute atomic E-state index is 0.174. The summed E-state index contributed by atoms with van der Waals surface area (Å²) < 4.78 is 0. The number of nitrogens with zero attached hydrogens (tertiary/aromatic N) is 1. The van der Waals surface area contributed by atoms with Gasteiger partial charge in [-0.25, -0.2) is 4.98 Å². The van der Waals surface area contributed by atoms with Crippen molar-refractivity contribution in [1.29, 1.82) is 0 Å². The first-order valence-electron chi connectivity index (χ1n) is 5.03. The first-order valence-corrected chi connectivity index (χ1v) is 5.41. The van der Waals surface area contributed by atoms with Crippen LogP contribution in [0.4, 0.5) is 0 Å². The van der Waals surface area contributed by atoms with Gasteiger partial charge < -0.3 is 0 Å². The average molecular weight is 220 g/mol. The number of fused-ring (bicyclic) bond motifs is 1. The van der Waals surface area contributed by atoms with Crippen LogP contribution < -0.4 is 0 Å². The number of halogens is 1. The van der Waals surface area contributed by atoms with Crippen molar-refractivity contribution in [1.82, 2.24) is 4.98 Å². The topological polar surface area (TPSA) is 12.9 Å². The average Bonchev–Trinajstić information content (AvgIpc) is 2.15. The molecule has 0 atom stereocenters. The molecule has 2 heteroatoms. The fourth-order valence-electron chi connectivity index (χ4n) is 1.57. The number of hydrogen-bond acceptors (Lipinski definition) is 1. The number of hydrogen-bond donors (Lipinski definition) is 0. The molecule has 0 radical (unpaired) electrons. The molecule has 1 aromatic heterocycles. The van der Waals surface area contributed by atoms with Crippen molar-refractivity contribution in [2.24, 2.45) is 0 Å². The van der Waals surface area contributed by atoms with Gasteiger partial charge in [0.1, 0.15) is 5.15 Å². The molecule has 0 aliphatic carbocycles. The van der Waals surface area contributed by atoms with E-state index in [1.165, 1.54) is 5.56 Å². The standard InChI is InChI=1S/C13H14ClN/c1-13(2,3)10-5-6-11-9(8-10)4-7-12(14)15-11/h4-8H,1-3H3. The van der Waals surface area contributed by atoms with Crippen LogP contribution in [-0.2, 0) is 5.41 Å². The Morgan fingerprint density at radius 2 is 1.80 bits per heavy atom. The first-order chi connectivity index (χ1) is 6.97. The van der Waals surface area contributed by atoms with Crippen molar-refractivity contribution in [2.45, 2.75) is 26.2 Å².